The van der Waals surface area contributed by atoms with Crippen LogP contribution in [0.5, 0.6) is 5.75 Å². The van der Waals surface area contributed by atoms with E-state index in [1.165, 1.54) is 37.7 Å². The monoisotopic (exact) mass is 435 g/mol. The first kappa shape index (κ1) is 21.1. The smallest absolute Gasteiger partial charge is 0.269 e. The van der Waals surface area contributed by atoms with Gasteiger partial charge >= 0.3 is 0 Å². The molecule has 9 heteroatoms. The number of ether oxygens (including phenoxy) is 1. The maximum atomic E-state index is 12.7. The minimum absolute atomic E-state index is 0.0463. The van der Waals surface area contributed by atoms with Gasteiger partial charge in [-0.15, -0.1) is 0 Å². The lowest BCUT2D eigenvalue weighted by atomic mass is 10.1. The summed E-state index contributed by atoms with van der Waals surface area (Å²) in [7, 11) is 1.54. The number of piperazine rings is 1. The fraction of sp³-hybridized carbons (Fsp3) is 0.217. The van der Waals surface area contributed by atoms with Crippen LogP contribution in [0.25, 0.3) is 17.0 Å². The van der Waals surface area contributed by atoms with E-state index >= 15 is 0 Å². The van der Waals surface area contributed by atoms with Crippen molar-refractivity contribution in [3.05, 3.63) is 80.7 Å². The van der Waals surface area contributed by atoms with E-state index in [0.717, 1.165) is 5.69 Å². The maximum Gasteiger partial charge on any atom is 0.269 e. The first-order valence-corrected chi connectivity index (χ1v) is 10.0. The molecule has 0 bridgehead atoms. The molecule has 2 heterocycles. The molecule has 1 fully saturated rings. The summed E-state index contributed by atoms with van der Waals surface area (Å²) in [4.78, 5) is 39.4. The first-order chi connectivity index (χ1) is 15.5. The van der Waals surface area contributed by atoms with E-state index in [0.29, 0.717) is 48.5 Å². The van der Waals surface area contributed by atoms with Crippen LogP contribution in [-0.4, -0.2) is 49.0 Å². The normalized spacial score (nSPS) is 14.2. The molecule has 1 aromatic heterocycles. The van der Waals surface area contributed by atoms with Crippen LogP contribution in [0.2, 0.25) is 0 Å². The lowest BCUT2D eigenvalue weighted by molar-refractivity contribution is -0.384. The zero-order chi connectivity index (χ0) is 22.7. The van der Waals surface area contributed by atoms with Crippen molar-refractivity contribution in [2.45, 2.75) is 0 Å². The van der Waals surface area contributed by atoms with Crippen LogP contribution in [0.1, 0.15) is 5.56 Å². The maximum absolute atomic E-state index is 12.7. The van der Waals surface area contributed by atoms with E-state index in [4.69, 9.17) is 9.15 Å². The van der Waals surface area contributed by atoms with Crippen molar-refractivity contribution < 1.29 is 18.9 Å². The molecule has 164 valence electrons. The lowest BCUT2D eigenvalue weighted by Gasteiger charge is -2.35. The molecule has 0 saturated carbocycles. The van der Waals surface area contributed by atoms with Gasteiger partial charge in [0.25, 0.3) is 5.69 Å². The standard InChI is InChI=1S/C23H21N3O6/c1-31-19-7-8-20-21(14-19)32-15-16(23(20)28)2-9-22(27)25-12-10-24(11-13-25)17-3-5-18(6-4-17)26(29)30/h2-9,14-15H,10-13H2,1H3/b9-2+. The highest BCUT2D eigenvalue weighted by atomic mass is 16.6. The Morgan fingerprint density at radius 2 is 1.84 bits per heavy atom. The van der Waals surface area contributed by atoms with Crippen molar-refractivity contribution in [2.75, 3.05) is 38.2 Å². The van der Waals surface area contributed by atoms with Crippen molar-refractivity contribution in [3.63, 3.8) is 0 Å². The third-order valence-corrected chi connectivity index (χ3v) is 5.43. The molecule has 0 atom stereocenters. The van der Waals surface area contributed by atoms with Crippen LogP contribution in [-0.2, 0) is 4.79 Å². The van der Waals surface area contributed by atoms with Crippen LogP contribution in [0.15, 0.2) is 64.0 Å². The number of anilines is 1. The fourth-order valence-corrected chi connectivity index (χ4v) is 3.60. The number of amides is 1. The highest BCUT2D eigenvalue weighted by Crippen LogP contribution is 2.21. The number of carbonyl (C=O) groups is 1. The molecule has 32 heavy (non-hydrogen) atoms. The molecule has 1 saturated heterocycles. The van der Waals surface area contributed by atoms with Gasteiger partial charge in [-0.3, -0.25) is 19.7 Å². The molecule has 0 N–H and O–H groups in total. The van der Waals surface area contributed by atoms with Gasteiger partial charge in [-0.2, -0.15) is 0 Å². The second-order valence-corrected chi connectivity index (χ2v) is 7.30. The molecule has 0 unspecified atom stereocenters. The molecule has 3 aromatic rings. The summed E-state index contributed by atoms with van der Waals surface area (Å²) < 4.78 is 10.7. The Labute approximate surface area is 183 Å². The largest absolute Gasteiger partial charge is 0.497 e. The van der Waals surface area contributed by atoms with E-state index < -0.39 is 4.92 Å². The summed E-state index contributed by atoms with van der Waals surface area (Å²) in [6, 6.07) is 11.3. The number of fused-ring (bicyclic) bond motifs is 1. The van der Waals surface area contributed by atoms with Crippen molar-refractivity contribution >= 4 is 34.3 Å². The predicted octanol–water partition coefficient (Wildman–Crippen LogP) is 3.07. The van der Waals surface area contributed by atoms with Crippen LogP contribution < -0.4 is 15.1 Å². The summed E-state index contributed by atoms with van der Waals surface area (Å²) in [5.74, 6) is 0.398. The number of hydrogen-bond acceptors (Lipinski definition) is 7. The lowest BCUT2D eigenvalue weighted by Crippen LogP contribution is -2.48. The number of benzene rings is 2. The molecule has 0 spiro atoms. The van der Waals surface area contributed by atoms with Gasteiger partial charge in [0, 0.05) is 56.1 Å². The second-order valence-electron chi connectivity index (χ2n) is 7.30. The highest BCUT2D eigenvalue weighted by molar-refractivity contribution is 5.92. The van der Waals surface area contributed by atoms with Gasteiger partial charge in [0.05, 0.1) is 23.0 Å². The number of hydrogen-bond donors (Lipinski definition) is 0. The van der Waals surface area contributed by atoms with E-state index in [2.05, 4.69) is 4.90 Å². The summed E-state index contributed by atoms with van der Waals surface area (Å²) in [5.41, 5.74) is 1.41. The molecule has 0 aliphatic carbocycles. The molecule has 1 amide bonds. The number of nitro groups is 1. The molecule has 2 aromatic carbocycles. The van der Waals surface area contributed by atoms with E-state index in [1.54, 1.807) is 35.2 Å². The van der Waals surface area contributed by atoms with Crippen molar-refractivity contribution in [1.29, 1.82) is 0 Å². The zero-order valence-corrected chi connectivity index (χ0v) is 17.4. The van der Waals surface area contributed by atoms with Crippen LogP contribution in [0.3, 0.4) is 0 Å². The van der Waals surface area contributed by atoms with E-state index in [9.17, 15) is 19.7 Å². The van der Waals surface area contributed by atoms with E-state index in [1.807, 2.05) is 0 Å². The molecule has 0 radical (unpaired) electrons. The number of non-ortho nitro benzene ring substituents is 1. The predicted molar refractivity (Wildman–Crippen MR) is 120 cm³/mol. The van der Waals surface area contributed by atoms with Gasteiger partial charge in [-0.25, -0.2) is 0 Å². The number of nitrogens with zero attached hydrogens (tertiary/aromatic N) is 3. The summed E-state index contributed by atoms with van der Waals surface area (Å²) in [5, 5.41) is 11.2. The third-order valence-electron chi connectivity index (χ3n) is 5.43. The SMILES string of the molecule is COc1ccc2c(=O)c(/C=C/C(=O)N3CCN(c4ccc([N+](=O)[O-])cc4)CC3)coc2c1. The summed E-state index contributed by atoms with van der Waals surface area (Å²) in [6.07, 6.45) is 4.18. The number of nitro benzene ring substituents is 1. The van der Waals surface area contributed by atoms with Crippen molar-refractivity contribution in [3.8, 4) is 5.75 Å². The zero-order valence-electron chi connectivity index (χ0n) is 17.4. The quantitative estimate of drug-likeness (QED) is 0.344. The van der Waals surface area contributed by atoms with Crippen molar-refractivity contribution in [2.24, 2.45) is 0 Å². The number of carbonyl (C=O) groups excluding carboxylic acids is 1. The summed E-state index contributed by atoms with van der Waals surface area (Å²) in [6.45, 7) is 2.23. The topological polar surface area (TPSA) is 106 Å². The molecule has 1 aliphatic rings. The number of rotatable bonds is 5. The highest BCUT2D eigenvalue weighted by Gasteiger charge is 2.20. The minimum Gasteiger partial charge on any atom is -0.497 e. The van der Waals surface area contributed by atoms with Gasteiger partial charge < -0.3 is 19.0 Å². The average molecular weight is 435 g/mol. The molecular formula is C23H21N3O6. The Bertz CT molecular complexity index is 1240. The van der Waals surface area contributed by atoms with Gasteiger partial charge in [0.15, 0.2) is 5.43 Å². The molecule has 9 nitrogen and oxygen atoms in total. The van der Waals surface area contributed by atoms with Crippen LogP contribution in [0, 0.1) is 10.1 Å². The van der Waals surface area contributed by atoms with Crippen LogP contribution in [0.4, 0.5) is 11.4 Å². The Morgan fingerprint density at radius 1 is 1.12 bits per heavy atom. The Morgan fingerprint density at radius 3 is 2.50 bits per heavy atom. The number of methoxy groups -OCH3 is 1. The van der Waals surface area contributed by atoms with Gasteiger partial charge in [-0.1, -0.05) is 0 Å². The molecule has 1 aliphatic heterocycles. The minimum atomic E-state index is -0.431. The summed E-state index contributed by atoms with van der Waals surface area (Å²) >= 11 is 0. The molecular weight excluding hydrogens is 414 g/mol. The average Bonchev–Trinajstić information content (AvgIpc) is 2.83. The van der Waals surface area contributed by atoms with E-state index in [-0.39, 0.29) is 17.0 Å². The first-order valence-electron chi connectivity index (χ1n) is 10.0. The third kappa shape index (κ3) is 4.31. The molecule has 4 rings (SSSR count). The van der Waals surface area contributed by atoms with Crippen molar-refractivity contribution in [1.82, 2.24) is 4.90 Å². The Balaban J connectivity index is 1.40. The Kier molecular flexibility index (Phi) is 5.89. The van der Waals surface area contributed by atoms with Gasteiger partial charge in [0.2, 0.25) is 5.91 Å². The second kappa shape index (κ2) is 8.93. The Hall–Kier alpha value is -4.14. The fourth-order valence-electron chi connectivity index (χ4n) is 3.60. The van der Waals surface area contributed by atoms with Crippen LogP contribution >= 0.6 is 0 Å². The van der Waals surface area contributed by atoms with Gasteiger partial charge in [0.1, 0.15) is 17.6 Å². The van der Waals surface area contributed by atoms with Gasteiger partial charge in [-0.05, 0) is 30.3 Å².